The summed E-state index contributed by atoms with van der Waals surface area (Å²) in [5.41, 5.74) is 0.393. The summed E-state index contributed by atoms with van der Waals surface area (Å²) < 4.78 is 5.35. The molecule has 0 spiro atoms. The number of carbonyl (C=O) groups excluding carboxylic acids is 2. The van der Waals surface area contributed by atoms with Gasteiger partial charge in [-0.15, -0.1) is 0 Å². The Morgan fingerprint density at radius 3 is 2.61 bits per heavy atom. The number of carbonyl (C=O) groups is 2. The van der Waals surface area contributed by atoms with Crippen molar-refractivity contribution in [2.45, 2.75) is 33.1 Å². The van der Waals surface area contributed by atoms with Crippen LogP contribution >= 0.6 is 0 Å². The highest BCUT2D eigenvalue weighted by Gasteiger charge is 2.14. The summed E-state index contributed by atoms with van der Waals surface area (Å²) in [6, 6.07) is 6.90. The van der Waals surface area contributed by atoms with E-state index in [1.54, 1.807) is 24.3 Å². The van der Waals surface area contributed by atoms with E-state index in [1.807, 2.05) is 13.8 Å². The first-order valence-electron chi connectivity index (χ1n) is 6.25. The molecule has 1 N–H and O–H groups in total. The number of amides is 2. The number of ether oxygens (including phenoxy) is 1. The summed E-state index contributed by atoms with van der Waals surface area (Å²) >= 11 is 0. The van der Waals surface area contributed by atoms with Gasteiger partial charge in [0.15, 0.2) is 0 Å². The van der Waals surface area contributed by atoms with Crippen LogP contribution in [-0.4, -0.2) is 18.4 Å². The molecule has 0 unspecified atom stereocenters. The van der Waals surface area contributed by atoms with Gasteiger partial charge in [-0.25, -0.2) is 0 Å². The van der Waals surface area contributed by atoms with E-state index in [1.165, 1.54) is 0 Å². The number of hydrogen-bond acceptors (Lipinski definition) is 3. The van der Waals surface area contributed by atoms with Crippen LogP contribution in [0.4, 0.5) is 0 Å². The molecule has 2 amide bonds. The van der Waals surface area contributed by atoms with Crippen LogP contribution in [0.3, 0.4) is 0 Å². The SMILES string of the molecule is CCCCC(=O)NC(=O)c1ccccc1OCC. The summed E-state index contributed by atoms with van der Waals surface area (Å²) in [6.07, 6.45) is 2.09. The fraction of sp³-hybridized carbons (Fsp3) is 0.429. The lowest BCUT2D eigenvalue weighted by atomic mass is 10.2. The molecule has 98 valence electrons. The zero-order valence-electron chi connectivity index (χ0n) is 10.9. The quantitative estimate of drug-likeness (QED) is 0.842. The van der Waals surface area contributed by atoms with Gasteiger partial charge in [0.2, 0.25) is 5.91 Å². The first-order valence-corrected chi connectivity index (χ1v) is 6.25. The molecule has 18 heavy (non-hydrogen) atoms. The molecule has 0 bridgehead atoms. The lowest BCUT2D eigenvalue weighted by Crippen LogP contribution is -2.30. The Morgan fingerprint density at radius 2 is 1.94 bits per heavy atom. The fourth-order valence-corrected chi connectivity index (χ4v) is 1.53. The lowest BCUT2D eigenvalue weighted by Gasteiger charge is -2.09. The van der Waals surface area contributed by atoms with Crippen molar-refractivity contribution < 1.29 is 14.3 Å². The Bertz CT molecular complexity index is 415. The third kappa shape index (κ3) is 4.20. The maximum Gasteiger partial charge on any atom is 0.261 e. The van der Waals surface area contributed by atoms with Crippen LogP contribution in [0.2, 0.25) is 0 Å². The van der Waals surface area contributed by atoms with Crippen LogP contribution in [-0.2, 0) is 4.79 Å². The van der Waals surface area contributed by atoms with Gasteiger partial charge in [-0.1, -0.05) is 25.5 Å². The van der Waals surface area contributed by atoms with Crippen molar-refractivity contribution >= 4 is 11.8 Å². The molecule has 1 aromatic rings. The molecule has 0 fully saturated rings. The molecule has 0 aromatic heterocycles. The van der Waals surface area contributed by atoms with Crippen molar-refractivity contribution in [1.29, 1.82) is 0 Å². The Morgan fingerprint density at radius 1 is 1.22 bits per heavy atom. The number of para-hydroxylation sites is 1. The molecular weight excluding hydrogens is 230 g/mol. The predicted molar refractivity (Wildman–Crippen MR) is 69.6 cm³/mol. The van der Waals surface area contributed by atoms with Crippen LogP contribution in [0.15, 0.2) is 24.3 Å². The summed E-state index contributed by atoms with van der Waals surface area (Å²) in [5, 5.41) is 2.37. The minimum absolute atomic E-state index is 0.242. The number of hydrogen-bond donors (Lipinski definition) is 1. The number of unbranched alkanes of at least 4 members (excludes halogenated alkanes) is 1. The molecule has 1 rings (SSSR count). The molecule has 4 heteroatoms. The Kier molecular flexibility index (Phi) is 5.91. The van der Waals surface area contributed by atoms with Gasteiger partial charge in [-0.05, 0) is 25.5 Å². The van der Waals surface area contributed by atoms with Crippen molar-refractivity contribution in [3.63, 3.8) is 0 Å². The van der Waals surface area contributed by atoms with Crippen molar-refractivity contribution in [2.75, 3.05) is 6.61 Å². The molecule has 0 heterocycles. The molecule has 0 aliphatic carbocycles. The van der Waals surface area contributed by atoms with Gasteiger partial charge in [0.1, 0.15) is 5.75 Å². The monoisotopic (exact) mass is 249 g/mol. The Balaban J connectivity index is 2.68. The van der Waals surface area contributed by atoms with E-state index in [-0.39, 0.29) is 5.91 Å². The second kappa shape index (κ2) is 7.48. The second-order valence-electron chi connectivity index (χ2n) is 3.91. The van der Waals surface area contributed by atoms with E-state index in [0.717, 1.165) is 12.8 Å². The Hall–Kier alpha value is -1.84. The second-order valence-corrected chi connectivity index (χ2v) is 3.91. The summed E-state index contributed by atoms with van der Waals surface area (Å²) in [4.78, 5) is 23.4. The maximum atomic E-state index is 11.9. The van der Waals surface area contributed by atoms with Crippen LogP contribution in [0.1, 0.15) is 43.5 Å². The van der Waals surface area contributed by atoms with Crippen molar-refractivity contribution in [2.24, 2.45) is 0 Å². The molecule has 1 aromatic carbocycles. The van der Waals surface area contributed by atoms with Crippen molar-refractivity contribution in [1.82, 2.24) is 5.32 Å². The third-order valence-electron chi connectivity index (χ3n) is 2.44. The van der Waals surface area contributed by atoms with Crippen LogP contribution in [0.5, 0.6) is 5.75 Å². The summed E-state index contributed by atoms with van der Waals surface area (Å²) in [5.74, 6) is -0.144. The van der Waals surface area contributed by atoms with Crippen LogP contribution < -0.4 is 10.1 Å². The van der Waals surface area contributed by atoms with Gasteiger partial charge in [-0.2, -0.15) is 0 Å². The number of rotatable bonds is 6. The van der Waals surface area contributed by atoms with Crippen LogP contribution in [0.25, 0.3) is 0 Å². The average Bonchev–Trinajstić information content (AvgIpc) is 2.37. The first kappa shape index (κ1) is 14.2. The van der Waals surface area contributed by atoms with Crippen molar-refractivity contribution in [3.05, 3.63) is 29.8 Å². The smallest absolute Gasteiger partial charge is 0.261 e. The fourth-order valence-electron chi connectivity index (χ4n) is 1.53. The van der Waals surface area contributed by atoms with Gasteiger partial charge in [0.25, 0.3) is 5.91 Å². The summed E-state index contributed by atoms with van der Waals surface area (Å²) in [6.45, 7) is 4.33. The molecule has 0 aliphatic rings. The highest BCUT2D eigenvalue weighted by atomic mass is 16.5. The third-order valence-corrected chi connectivity index (χ3v) is 2.44. The van der Waals surface area contributed by atoms with Gasteiger partial charge >= 0.3 is 0 Å². The van der Waals surface area contributed by atoms with Gasteiger partial charge in [-0.3, -0.25) is 14.9 Å². The molecule has 0 radical (unpaired) electrons. The molecule has 0 aliphatic heterocycles. The largest absolute Gasteiger partial charge is 0.493 e. The van der Waals surface area contributed by atoms with E-state index in [4.69, 9.17) is 4.74 Å². The minimum Gasteiger partial charge on any atom is -0.493 e. The first-order chi connectivity index (χ1) is 8.69. The number of benzene rings is 1. The highest BCUT2D eigenvalue weighted by molar-refractivity contribution is 6.06. The number of nitrogens with one attached hydrogen (secondary N) is 1. The Labute approximate surface area is 107 Å². The van der Waals surface area contributed by atoms with E-state index in [9.17, 15) is 9.59 Å². The van der Waals surface area contributed by atoms with Crippen LogP contribution in [0, 0.1) is 0 Å². The minimum atomic E-state index is -0.403. The summed E-state index contributed by atoms with van der Waals surface area (Å²) in [7, 11) is 0. The molecule has 4 nitrogen and oxygen atoms in total. The van der Waals surface area contributed by atoms with E-state index >= 15 is 0 Å². The predicted octanol–water partition coefficient (Wildman–Crippen LogP) is 2.53. The zero-order valence-corrected chi connectivity index (χ0v) is 10.9. The normalized spacial score (nSPS) is 9.89. The van der Waals surface area contributed by atoms with E-state index in [0.29, 0.717) is 24.3 Å². The van der Waals surface area contributed by atoms with Gasteiger partial charge in [0, 0.05) is 6.42 Å². The molecule has 0 atom stereocenters. The topological polar surface area (TPSA) is 55.4 Å². The van der Waals surface area contributed by atoms with Gasteiger partial charge < -0.3 is 4.74 Å². The lowest BCUT2D eigenvalue weighted by molar-refractivity contribution is -0.120. The molecule has 0 saturated heterocycles. The number of imide groups is 1. The van der Waals surface area contributed by atoms with Crippen molar-refractivity contribution in [3.8, 4) is 5.75 Å². The molecule has 0 saturated carbocycles. The average molecular weight is 249 g/mol. The van der Waals surface area contributed by atoms with E-state index in [2.05, 4.69) is 5.32 Å². The maximum absolute atomic E-state index is 11.9. The highest BCUT2D eigenvalue weighted by Crippen LogP contribution is 2.17. The molecular formula is C14H19NO3. The van der Waals surface area contributed by atoms with Gasteiger partial charge in [0.05, 0.1) is 12.2 Å². The van der Waals surface area contributed by atoms with E-state index < -0.39 is 5.91 Å². The standard InChI is InChI=1S/C14H19NO3/c1-3-5-10-13(16)15-14(17)11-8-6-7-9-12(11)18-4-2/h6-9H,3-5,10H2,1-2H3,(H,15,16,17). The zero-order chi connectivity index (χ0) is 13.4.